The van der Waals surface area contributed by atoms with Crippen LogP contribution in [0.25, 0.3) is 0 Å². The van der Waals surface area contributed by atoms with E-state index in [0.717, 1.165) is 16.9 Å². The molecule has 0 spiro atoms. The molecule has 1 amide bonds. The number of fused-ring (bicyclic) bond motifs is 1. The van der Waals surface area contributed by atoms with Gasteiger partial charge in [-0.05, 0) is 18.1 Å². The Balaban J connectivity index is 1.68. The number of nitrogens with two attached hydrogens (primary N) is 1. The van der Waals surface area contributed by atoms with E-state index >= 15 is 0 Å². The van der Waals surface area contributed by atoms with E-state index in [2.05, 4.69) is 9.97 Å². The molecule has 1 aliphatic rings. The first-order valence-corrected chi connectivity index (χ1v) is 7.68. The van der Waals surface area contributed by atoms with Gasteiger partial charge in [-0.25, -0.2) is 9.97 Å². The van der Waals surface area contributed by atoms with E-state index in [1.165, 1.54) is 0 Å². The van der Waals surface area contributed by atoms with Gasteiger partial charge in [-0.1, -0.05) is 12.1 Å². The number of anilines is 1. The molecule has 1 aromatic carbocycles. The maximum absolute atomic E-state index is 12.7. The lowest BCUT2D eigenvalue weighted by molar-refractivity contribution is -0.136. The molecule has 2 N–H and O–H groups in total. The molecule has 2 aromatic rings. The topological polar surface area (TPSA) is 90.6 Å². The van der Waals surface area contributed by atoms with Crippen molar-refractivity contribution in [3.8, 4) is 11.5 Å². The maximum atomic E-state index is 12.7. The average Bonchev–Trinajstić information content (AvgIpc) is 2.61. The Bertz CT molecular complexity index is 733. The van der Waals surface area contributed by atoms with Crippen LogP contribution in [0.1, 0.15) is 11.1 Å². The molecule has 126 valence electrons. The van der Waals surface area contributed by atoms with Crippen LogP contribution in [-0.4, -0.2) is 41.5 Å². The molecular weight excluding hydrogens is 308 g/mol. The Morgan fingerprint density at radius 1 is 1.42 bits per heavy atom. The number of benzene rings is 1. The van der Waals surface area contributed by atoms with Crippen LogP contribution in [0.4, 0.5) is 5.95 Å². The minimum atomic E-state index is -0.218. The number of hydrogen-bond acceptors (Lipinski definition) is 6. The average molecular weight is 328 g/mol. The van der Waals surface area contributed by atoms with Crippen LogP contribution >= 0.6 is 0 Å². The van der Waals surface area contributed by atoms with Crippen molar-refractivity contribution in [2.75, 3.05) is 26.5 Å². The molecular formula is C17H20N4O3. The Morgan fingerprint density at radius 3 is 2.88 bits per heavy atom. The van der Waals surface area contributed by atoms with Crippen molar-refractivity contribution in [1.29, 1.82) is 0 Å². The summed E-state index contributed by atoms with van der Waals surface area (Å²) in [4.78, 5) is 22.2. The minimum absolute atomic E-state index is 0.0281. The van der Waals surface area contributed by atoms with Gasteiger partial charge in [0.15, 0.2) is 11.5 Å². The second-order valence-corrected chi connectivity index (χ2v) is 5.80. The summed E-state index contributed by atoms with van der Waals surface area (Å²) in [5.41, 5.74) is 7.29. The molecule has 0 bridgehead atoms. The SMILES string of the molecule is COc1cccc2c1OC[C@@H](C(=O)N(C)Cc1cnc(N)nc1)C2. The summed E-state index contributed by atoms with van der Waals surface area (Å²) in [5, 5.41) is 0. The third-order valence-corrected chi connectivity index (χ3v) is 4.05. The number of ether oxygens (including phenoxy) is 2. The minimum Gasteiger partial charge on any atom is -0.493 e. The van der Waals surface area contributed by atoms with E-state index in [1.807, 2.05) is 18.2 Å². The zero-order valence-corrected chi connectivity index (χ0v) is 13.7. The first-order valence-electron chi connectivity index (χ1n) is 7.68. The number of carbonyl (C=O) groups excluding carboxylic acids is 1. The van der Waals surface area contributed by atoms with E-state index < -0.39 is 0 Å². The number of nitrogen functional groups attached to an aromatic ring is 1. The van der Waals surface area contributed by atoms with Crippen LogP contribution in [-0.2, 0) is 17.8 Å². The summed E-state index contributed by atoms with van der Waals surface area (Å²) in [6.45, 7) is 0.773. The standard InChI is InChI=1S/C17H20N4O3/c1-21(9-11-7-19-17(18)20-8-11)16(22)13-6-12-4-3-5-14(23-2)15(12)24-10-13/h3-5,7-8,13H,6,9-10H2,1-2H3,(H2,18,19,20)/t13-/m0/s1. The maximum Gasteiger partial charge on any atom is 0.229 e. The highest BCUT2D eigenvalue weighted by Crippen LogP contribution is 2.36. The summed E-state index contributed by atoms with van der Waals surface area (Å²) >= 11 is 0. The van der Waals surface area contributed by atoms with Gasteiger partial charge in [0.25, 0.3) is 0 Å². The van der Waals surface area contributed by atoms with Gasteiger partial charge in [0.1, 0.15) is 6.61 Å². The molecule has 3 rings (SSSR count). The Morgan fingerprint density at radius 2 is 2.17 bits per heavy atom. The highest BCUT2D eigenvalue weighted by Gasteiger charge is 2.29. The third-order valence-electron chi connectivity index (χ3n) is 4.05. The van der Waals surface area contributed by atoms with Crippen LogP contribution in [0, 0.1) is 5.92 Å². The molecule has 7 nitrogen and oxygen atoms in total. The molecule has 0 aliphatic carbocycles. The van der Waals surface area contributed by atoms with Crippen molar-refractivity contribution in [1.82, 2.24) is 14.9 Å². The Kier molecular flexibility index (Phi) is 4.50. The largest absolute Gasteiger partial charge is 0.493 e. The summed E-state index contributed by atoms with van der Waals surface area (Å²) < 4.78 is 11.1. The lowest BCUT2D eigenvalue weighted by atomic mass is 9.95. The molecule has 0 saturated carbocycles. The summed E-state index contributed by atoms with van der Waals surface area (Å²) in [5.74, 6) is 1.47. The Labute approximate surface area is 140 Å². The van der Waals surface area contributed by atoms with E-state index in [1.54, 1.807) is 31.5 Å². The van der Waals surface area contributed by atoms with Crippen LogP contribution in [0.15, 0.2) is 30.6 Å². The van der Waals surface area contributed by atoms with Crippen molar-refractivity contribution >= 4 is 11.9 Å². The van der Waals surface area contributed by atoms with Gasteiger partial charge in [0, 0.05) is 31.5 Å². The monoisotopic (exact) mass is 328 g/mol. The molecule has 2 heterocycles. The van der Waals surface area contributed by atoms with Crippen molar-refractivity contribution in [3.05, 3.63) is 41.7 Å². The van der Waals surface area contributed by atoms with Gasteiger partial charge in [0.2, 0.25) is 11.9 Å². The second-order valence-electron chi connectivity index (χ2n) is 5.80. The molecule has 0 radical (unpaired) electrons. The summed E-state index contributed by atoms with van der Waals surface area (Å²) in [6.07, 6.45) is 3.89. The lowest BCUT2D eigenvalue weighted by Gasteiger charge is -2.29. The first-order chi connectivity index (χ1) is 11.6. The predicted molar refractivity (Wildman–Crippen MR) is 88.6 cm³/mol. The quantitative estimate of drug-likeness (QED) is 0.909. The van der Waals surface area contributed by atoms with Crippen LogP contribution in [0.3, 0.4) is 0 Å². The highest BCUT2D eigenvalue weighted by atomic mass is 16.5. The van der Waals surface area contributed by atoms with Crippen LogP contribution < -0.4 is 15.2 Å². The molecule has 7 heteroatoms. The van der Waals surface area contributed by atoms with Gasteiger partial charge in [0.05, 0.1) is 13.0 Å². The molecule has 1 atom stereocenters. The smallest absolute Gasteiger partial charge is 0.229 e. The summed E-state index contributed by atoms with van der Waals surface area (Å²) in [6, 6.07) is 5.72. The zero-order valence-electron chi connectivity index (χ0n) is 13.7. The van der Waals surface area contributed by atoms with Crippen molar-refractivity contribution in [2.24, 2.45) is 5.92 Å². The van der Waals surface area contributed by atoms with Gasteiger partial charge >= 0.3 is 0 Å². The Hall–Kier alpha value is -2.83. The van der Waals surface area contributed by atoms with E-state index in [-0.39, 0.29) is 17.8 Å². The van der Waals surface area contributed by atoms with Gasteiger partial charge < -0.3 is 20.1 Å². The normalized spacial score (nSPS) is 16.0. The van der Waals surface area contributed by atoms with E-state index in [9.17, 15) is 4.79 Å². The number of carbonyl (C=O) groups is 1. The molecule has 1 aliphatic heterocycles. The highest BCUT2D eigenvalue weighted by molar-refractivity contribution is 5.79. The van der Waals surface area contributed by atoms with E-state index in [4.69, 9.17) is 15.2 Å². The van der Waals surface area contributed by atoms with E-state index in [0.29, 0.717) is 25.3 Å². The van der Waals surface area contributed by atoms with Gasteiger partial charge in [-0.2, -0.15) is 0 Å². The van der Waals surface area contributed by atoms with Crippen LogP contribution in [0.2, 0.25) is 0 Å². The number of rotatable bonds is 4. The number of para-hydroxylation sites is 1. The number of hydrogen-bond donors (Lipinski definition) is 1. The fourth-order valence-corrected chi connectivity index (χ4v) is 2.82. The summed E-state index contributed by atoms with van der Waals surface area (Å²) in [7, 11) is 3.37. The number of methoxy groups -OCH3 is 1. The fourth-order valence-electron chi connectivity index (χ4n) is 2.82. The first kappa shape index (κ1) is 16.0. The van der Waals surface area contributed by atoms with Gasteiger partial charge in [-0.15, -0.1) is 0 Å². The van der Waals surface area contributed by atoms with Gasteiger partial charge in [-0.3, -0.25) is 4.79 Å². The fraction of sp³-hybridized carbons (Fsp3) is 0.353. The molecule has 0 saturated heterocycles. The lowest BCUT2D eigenvalue weighted by Crippen LogP contribution is -2.38. The van der Waals surface area contributed by atoms with Crippen molar-refractivity contribution in [2.45, 2.75) is 13.0 Å². The third kappa shape index (κ3) is 3.24. The molecule has 24 heavy (non-hydrogen) atoms. The number of nitrogens with zero attached hydrogens (tertiary/aromatic N) is 3. The predicted octanol–water partition coefficient (Wildman–Crippen LogP) is 1.28. The molecule has 0 fully saturated rings. The number of aromatic nitrogens is 2. The zero-order chi connectivity index (χ0) is 17.1. The number of amides is 1. The molecule has 1 aromatic heterocycles. The second kappa shape index (κ2) is 6.74. The molecule has 0 unspecified atom stereocenters. The van der Waals surface area contributed by atoms with Crippen LogP contribution in [0.5, 0.6) is 11.5 Å². The van der Waals surface area contributed by atoms with Crippen molar-refractivity contribution in [3.63, 3.8) is 0 Å². The van der Waals surface area contributed by atoms with Crippen molar-refractivity contribution < 1.29 is 14.3 Å².